The maximum Gasteiger partial charge on any atom is 0.457 e. The van der Waals surface area contributed by atoms with Gasteiger partial charge < -0.3 is 15.2 Å². The second-order valence-electron chi connectivity index (χ2n) is 7.76. The average molecular weight is 512 g/mol. The first kappa shape index (κ1) is 27.9. The number of carboxylic acid groups (broad SMARTS) is 1. The minimum absolute atomic E-state index is 0.0871. The van der Waals surface area contributed by atoms with E-state index in [-0.39, 0.29) is 19.4 Å². The van der Waals surface area contributed by atoms with Crippen molar-refractivity contribution in [2.75, 3.05) is 13.2 Å². The van der Waals surface area contributed by atoms with Crippen molar-refractivity contribution in [2.24, 2.45) is 0 Å². The molecule has 194 valence electrons. The molecule has 14 heteroatoms. The highest BCUT2D eigenvalue weighted by Crippen LogP contribution is 2.46. The van der Waals surface area contributed by atoms with Crippen LogP contribution in [0.15, 0.2) is 30.3 Å². The number of hydrogen-bond acceptors (Lipinski definition) is 5. The molecule has 1 saturated heterocycles. The second kappa shape index (κ2) is 11.4. The summed E-state index contributed by atoms with van der Waals surface area (Å²) < 4.78 is 85.2. The first-order chi connectivity index (χ1) is 16.3. The SMILES string of the molecule is O=C(O)CC(NC(=O)[C@@H]1CCCCN1C(=O)O[C@H](c1ccccc1)C(F)(F)C(F)(F)F)C(=O)CF. The van der Waals surface area contributed by atoms with E-state index in [2.05, 4.69) is 4.74 Å². The number of piperidine rings is 1. The van der Waals surface area contributed by atoms with Gasteiger partial charge >= 0.3 is 24.2 Å². The molecule has 0 spiro atoms. The van der Waals surface area contributed by atoms with Crippen LogP contribution in [0.3, 0.4) is 0 Å². The Balaban J connectivity index is 2.29. The number of amides is 2. The fourth-order valence-corrected chi connectivity index (χ4v) is 3.50. The number of likely N-dealkylation sites (tertiary alicyclic amines) is 1. The lowest BCUT2D eigenvalue weighted by Gasteiger charge is -2.36. The van der Waals surface area contributed by atoms with Gasteiger partial charge in [-0.05, 0) is 24.8 Å². The van der Waals surface area contributed by atoms with E-state index in [1.54, 1.807) is 0 Å². The zero-order valence-electron chi connectivity index (χ0n) is 18.1. The molecule has 0 bridgehead atoms. The number of alkyl halides is 6. The Bertz CT molecular complexity index is 927. The van der Waals surface area contributed by atoms with Crippen LogP contribution in [0.5, 0.6) is 0 Å². The number of carboxylic acids is 1. The van der Waals surface area contributed by atoms with Crippen LogP contribution in [0.4, 0.5) is 31.1 Å². The Labute approximate surface area is 195 Å². The van der Waals surface area contributed by atoms with Gasteiger partial charge in [0.1, 0.15) is 18.8 Å². The zero-order valence-corrected chi connectivity index (χ0v) is 18.1. The van der Waals surface area contributed by atoms with Gasteiger partial charge in [0.05, 0.1) is 6.42 Å². The van der Waals surface area contributed by atoms with Crippen LogP contribution in [0, 0.1) is 0 Å². The van der Waals surface area contributed by atoms with Gasteiger partial charge in [0.15, 0.2) is 5.78 Å². The summed E-state index contributed by atoms with van der Waals surface area (Å²) in [5, 5.41) is 10.9. The number of rotatable bonds is 9. The molecule has 1 fully saturated rings. The van der Waals surface area contributed by atoms with Gasteiger partial charge in [0.25, 0.3) is 0 Å². The normalized spacial score (nSPS) is 18.3. The van der Waals surface area contributed by atoms with Gasteiger partial charge in [0.2, 0.25) is 12.0 Å². The molecule has 0 saturated carbocycles. The van der Waals surface area contributed by atoms with Gasteiger partial charge in [-0.3, -0.25) is 19.3 Å². The fourth-order valence-electron chi connectivity index (χ4n) is 3.50. The van der Waals surface area contributed by atoms with Crippen molar-refractivity contribution >= 4 is 23.8 Å². The fraction of sp³-hybridized carbons (Fsp3) is 0.524. The van der Waals surface area contributed by atoms with E-state index >= 15 is 0 Å². The molecule has 2 N–H and O–H groups in total. The topological polar surface area (TPSA) is 113 Å². The summed E-state index contributed by atoms with van der Waals surface area (Å²) in [6, 6.07) is 2.28. The van der Waals surface area contributed by atoms with E-state index < -0.39 is 72.7 Å². The summed E-state index contributed by atoms with van der Waals surface area (Å²) in [7, 11) is 0. The molecule has 2 rings (SSSR count). The number of ether oxygens (including phenoxy) is 1. The van der Waals surface area contributed by atoms with Gasteiger partial charge in [-0.25, -0.2) is 9.18 Å². The minimum Gasteiger partial charge on any atom is -0.481 e. The Morgan fingerprint density at radius 1 is 1.09 bits per heavy atom. The number of aliphatic carboxylic acids is 1. The molecule has 35 heavy (non-hydrogen) atoms. The molecule has 1 unspecified atom stereocenters. The Hall–Kier alpha value is -3.32. The van der Waals surface area contributed by atoms with Crippen LogP contribution >= 0.6 is 0 Å². The molecule has 0 aliphatic carbocycles. The predicted octanol–water partition coefficient (Wildman–Crippen LogP) is 3.41. The van der Waals surface area contributed by atoms with Gasteiger partial charge in [-0.2, -0.15) is 22.0 Å². The molecule has 1 heterocycles. The number of carbonyl (C=O) groups excluding carboxylic acids is 3. The molecule has 1 aromatic rings. The third kappa shape index (κ3) is 6.85. The number of Topliss-reactive ketones (excluding diaryl/α,β-unsaturated/α-hetero) is 1. The summed E-state index contributed by atoms with van der Waals surface area (Å²) in [4.78, 5) is 48.6. The zero-order chi connectivity index (χ0) is 26.4. The molecule has 2 amide bonds. The van der Waals surface area contributed by atoms with E-state index in [0.29, 0.717) is 11.3 Å². The molecule has 3 atom stereocenters. The molecular formula is C21H22F6N2O6. The van der Waals surface area contributed by atoms with Crippen molar-refractivity contribution in [2.45, 2.75) is 56.0 Å². The summed E-state index contributed by atoms with van der Waals surface area (Å²) in [5.74, 6) is -9.36. The van der Waals surface area contributed by atoms with Crippen LogP contribution < -0.4 is 5.32 Å². The van der Waals surface area contributed by atoms with Crippen LogP contribution in [0.25, 0.3) is 0 Å². The standard InChI is InChI=1S/C21H22F6N2O6/c22-11-15(30)13(10-16(31)32)28-18(33)14-8-4-5-9-29(14)19(34)35-17(12-6-2-1-3-7-12)20(23,24)21(25,26)27/h1-3,6-7,13-14,17H,4-5,8-11H2,(H,28,33)(H,31,32)/t13?,14-,17+/m0/s1. The largest absolute Gasteiger partial charge is 0.481 e. The average Bonchev–Trinajstić information content (AvgIpc) is 2.80. The number of nitrogens with one attached hydrogen (secondary N) is 1. The highest BCUT2D eigenvalue weighted by Gasteiger charge is 2.65. The van der Waals surface area contributed by atoms with Gasteiger partial charge in [0, 0.05) is 6.54 Å². The van der Waals surface area contributed by atoms with Crippen molar-refractivity contribution in [1.29, 1.82) is 0 Å². The quantitative estimate of drug-likeness (QED) is 0.491. The van der Waals surface area contributed by atoms with E-state index in [1.165, 1.54) is 18.2 Å². The number of nitrogens with zero attached hydrogens (tertiary/aromatic N) is 1. The Morgan fingerprint density at radius 3 is 2.26 bits per heavy atom. The third-order valence-corrected chi connectivity index (χ3v) is 5.28. The van der Waals surface area contributed by atoms with Crippen molar-refractivity contribution in [3.8, 4) is 0 Å². The summed E-state index contributed by atoms with van der Waals surface area (Å²) in [6.07, 6.45) is -11.2. The van der Waals surface area contributed by atoms with Crippen LogP contribution in [0.2, 0.25) is 0 Å². The maximum absolute atomic E-state index is 14.3. The first-order valence-electron chi connectivity index (χ1n) is 10.4. The van der Waals surface area contributed by atoms with Gasteiger partial charge in [-0.1, -0.05) is 30.3 Å². The summed E-state index contributed by atoms with van der Waals surface area (Å²) in [5.41, 5.74) is -0.642. The smallest absolute Gasteiger partial charge is 0.457 e. The van der Waals surface area contributed by atoms with Crippen LogP contribution in [-0.4, -0.2) is 71.2 Å². The number of carbonyl (C=O) groups is 4. The Kier molecular flexibility index (Phi) is 9.10. The molecule has 1 aliphatic heterocycles. The lowest BCUT2D eigenvalue weighted by Crippen LogP contribution is -2.56. The van der Waals surface area contributed by atoms with E-state index in [0.717, 1.165) is 12.1 Å². The lowest BCUT2D eigenvalue weighted by molar-refractivity contribution is -0.314. The highest BCUT2D eigenvalue weighted by atomic mass is 19.4. The highest BCUT2D eigenvalue weighted by molar-refractivity contribution is 5.94. The first-order valence-corrected chi connectivity index (χ1v) is 10.4. The van der Waals surface area contributed by atoms with Crippen molar-refractivity contribution in [1.82, 2.24) is 10.2 Å². The summed E-state index contributed by atoms with van der Waals surface area (Å²) in [6.45, 7) is -1.84. The molecule has 0 aromatic heterocycles. The summed E-state index contributed by atoms with van der Waals surface area (Å²) >= 11 is 0. The number of benzene rings is 1. The van der Waals surface area contributed by atoms with Gasteiger partial charge in [-0.15, -0.1) is 0 Å². The van der Waals surface area contributed by atoms with Crippen molar-refractivity contribution in [3.05, 3.63) is 35.9 Å². The monoisotopic (exact) mass is 512 g/mol. The third-order valence-electron chi connectivity index (χ3n) is 5.28. The van der Waals surface area contributed by atoms with Crippen molar-refractivity contribution in [3.63, 3.8) is 0 Å². The Morgan fingerprint density at radius 2 is 1.71 bits per heavy atom. The number of halogens is 6. The molecule has 1 aromatic carbocycles. The van der Waals surface area contributed by atoms with Crippen LogP contribution in [-0.2, 0) is 19.1 Å². The molecular weight excluding hydrogens is 490 g/mol. The van der Waals surface area contributed by atoms with E-state index in [1.807, 2.05) is 5.32 Å². The number of ketones is 1. The molecule has 8 nitrogen and oxygen atoms in total. The predicted molar refractivity (Wildman–Crippen MR) is 106 cm³/mol. The second-order valence-corrected chi connectivity index (χ2v) is 7.76. The number of hydrogen-bond donors (Lipinski definition) is 2. The molecule has 1 aliphatic rings. The lowest BCUT2D eigenvalue weighted by atomic mass is 10.0. The maximum atomic E-state index is 14.3. The molecule has 0 radical (unpaired) electrons. The van der Waals surface area contributed by atoms with E-state index in [9.17, 15) is 45.5 Å². The minimum atomic E-state index is -6.07. The van der Waals surface area contributed by atoms with Crippen LogP contribution in [0.1, 0.15) is 37.4 Å². The van der Waals surface area contributed by atoms with Crippen molar-refractivity contribution < 1.29 is 55.4 Å². The van der Waals surface area contributed by atoms with E-state index in [4.69, 9.17) is 5.11 Å².